The van der Waals surface area contributed by atoms with Gasteiger partial charge in [-0.3, -0.25) is 4.90 Å². The molecule has 1 atom stereocenters. The van der Waals surface area contributed by atoms with Gasteiger partial charge >= 0.3 is 12.0 Å². The Kier molecular flexibility index (Phi) is 7.19. The van der Waals surface area contributed by atoms with Crippen LogP contribution in [0.15, 0.2) is 53.7 Å². The number of nitrogens with zero attached hydrogens (tertiary/aromatic N) is 1. The standard InChI is InChI=1S/C23H25FN2O6/c1-5-31-22(27)20-18(13-32-15-8-6-14(24)7-9-15)26(2)23(28)25-21(20)17-12-16(29-3)10-11-19(17)30-4/h6-12,21H,5,13H2,1-4H3,(H,25,28)/t21-/m0/s1. The van der Waals surface area contributed by atoms with Crippen LogP contribution in [-0.2, 0) is 9.53 Å². The van der Waals surface area contributed by atoms with Crippen LogP contribution in [0.3, 0.4) is 0 Å². The lowest BCUT2D eigenvalue weighted by Gasteiger charge is -2.35. The molecule has 32 heavy (non-hydrogen) atoms. The summed E-state index contributed by atoms with van der Waals surface area (Å²) in [5.41, 5.74) is 1.03. The zero-order valence-electron chi connectivity index (χ0n) is 18.3. The number of benzene rings is 2. The van der Waals surface area contributed by atoms with E-state index < -0.39 is 23.9 Å². The van der Waals surface area contributed by atoms with E-state index in [1.807, 2.05) is 0 Å². The molecule has 2 amide bonds. The topological polar surface area (TPSA) is 86.3 Å². The van der Waals surface area contributed by atoms with E-state index in [0.29, 0.717) is 28.5 Å². The maximum atomic E-state index is 13.2. The SMILES string of the molecule is CCOC(=O)C1=C(COc2ccc(F)cc2)N(C)C(=O)N[C@H]1c1cc(OC)ccc1OC. The third kappa shape index (κ3) is 4.77. The lowest BCUT2D eigenvalue weighted by atomic mass is 9.93. The third-order valence-electron chi connectivity index (χ3n) is 5.01. The molecule has 0 bridgehead atoms. The number of hydrogen-bond donors (Lipinski definition) is 1. The molecule has 1 aliphatic heterocycles. The van der Waals surface area contributed by atoms with Crippen molar-refractivity contribution in [3.63, 3.8) is 0 Å². The smallest absolute Gasteiger partial charge is 0.338 e. The molecule has 9 heteroatoms. The van der Waals surface area contributed by atoms with Crippen molar-refractivity contribution in [1.82, 2.24) is 10.2 Å². The van der Waals surface area contributed by atoms with Gasteiger partial charge in [0.25, 0.3) is 0 Å². The zero-order valence-corrected chi connectivity index (χ0v) is 18.3. The summed E-state index contributed by atoms with van der Waals surface area (Å²) in [4.78, 5) is 27.1. The second kappa shape index (κ2) is 10.0. The van der Waals surface area contributed by atoms with E-state index in [-0.39, 0.29) is 18.8 Å². The summed E-state index contributed by atoms with van der Waals surface area (Å²) in [6, 6.07) is 9.24. The summed E-state index contributed by atoms with van der Waals surface area (Å²) in [6.07, 6.45) is 0. The molecule has 0 fully saturated rings. The highest BCUT2D eigenvalue weighted by molar-refractivity contribution is 5.95. The highest BCUT2D eigenvalue weighted by Gasteiger charge is 2.38. The molecule has 8 nitrogen and oxygen atoms in total. The normalized spacial score (nSPS) is 15.8. The lowest BCUT2D eigenvalue weighted by molar-refractivity contribution is -0.139. The number of amides is 2. The Morgan fingerprint density at radius 3 is 2.41 bits per heavy atom. The van der Waals surface area contributed by atoms with Crippen molar-refractivity contribution in [1.29, 1.82) is 0 Å². The number of urea groups is 1. The van der Waals surface area contributed by atoms with Crippen LogP contribution in [0.2, 0.25) is 0 Å². The Labute approximate surface area is 185 Å². The first kappa shape index (κ1) is 22.9. The van der Waals surface area contributed by atoms with Crippen molar-refractivity contribution in [2.24, 2.45) is 0 Å². The van der Waals surface area contributed by atoms with E-state index in [9.17, 15) is 14.0 Å². The molecule has 0 spiro atoms. The van der Waals surface area contributed by atoms with Gasteiger partial charge in [0.1, 0.15) is 29.7 Å². The summed E-state index contributed by atoms with van der Waals surface area (Å²) >= 11 is 0. The van der Waals surface area contributed by atoms with Gasteiger partial charge in [-0.05, 0) is 49.4 Å². The Bertz CT molecular complexity index is 1020. The summed E-state index contributed by atoms with van der Waals surface area (Å²) in [7, 11) is 4.54. The van der Waals surface area contributed by atoms with E-state index >= 15 is 0 Å². The molecule has 0 aromatic heterocycles. The molecule has 0 radical (unpaired) electrons. The van der Waals surface area contributed by atoms with Crippen LogP contribution in [-0.4, -0.2) is 51.4 Å². The number of methoxy groups -OCH3 is 2. The minimum absolute atomic E-state index is 0.119. The van der Waals surface area contributed by atoms with Crippen molar-refractivity contribution in [3.8, 4) is 17.2 Å². The van der Waals surface area contributed by atoms with Crippen molar-refractivity contribution < 1.29 is 32.9 Å². The number of carbonyl (C=O) groups excluding carboxylic acids is 2. The average Bonchev–Trinajstić information content (AvgIpc) is 2.80. The molecule has 1 aliphatic rings. The molecule has 0 aliphatic carbocycles. The molecule has 2 aromatic carbocycles. The molecule has 170 valence electrons. The second-order valence-corrected chi connectivity index (χ2v) is 6.87. The van der Waals surface area contributed by atoms with E-state index in [4.69, 9.17) is 18.9 Å². The van der Waals surface area contributed by atoms with Gasteiger partial charge < -0.3 is 24.3 Å². The molecule has 1 heterocycles. The highest BCUT2D eigenvalue weighted by atomic mass is 19.1. The number of carbonyl (C=O) groups is 2. The summed E-state index contributed by atoms with van der Waals surface area (Å²) in [6.45, 7) is 1.72. The minimum Gasteiger partial charge on any atom is -0.497 e. The third-order valence-corrected chi connectivity index (χ3v) is 5.01. The minimum atomic E-state index is -0.866. The number of ether oxygens (including phenoxy) is 4. The predicted octanol–water partition coefficient (Wildman–Crippen LogP) is 3.44. The molecule has 2 aromatic rings. The number of likely N-dealkylation sites (N-methyl/N-ethyl adjacent to an activating group) is 1. The van der Waals surface area contributed by atoms with Crippen LogP contribution >= 0.6 is 0 Å². The van der Waals surface area contributed by atoms with E-state index in [1.165, 1.54) is 50.4 Å². The number of rotatable bonds is 8. The Balaban J connectivity index is 2.10. The van der Waals surface area contributed by atoms with Crippen LogP contribution in [0.5, 0.6) is 17.2 Å². The van der Waals surface area contributed by atoms with Crippen LogP contribution in [0.1, 0.15) is 18.5 Å². The first-order valence-electron chi connectivity index (χ1n) is 9.94. The molecule has 0 saturated heterocycles. The number of halogens is 1. The fourth-order valence-electron chi connectivity index (χ4n) is 3.36. The monoisotopic (exact) mass is 444 g/mol. The molecule has 0 saturated carbocycles. The van der Waals surface area contributed by atoms with Crippen molar-refractivity contribution >= 4 is 12.0 Å². The molecule has 0 unspecified atom stereocenters. The van der Waals surface area contributed by atoms with Gasteiger partial charge in [-0.15, -0.1) is 0 Å². The largest absolute Gasteiger partial charge is 0.497 e. The van der Waals surface area contributed by atoms with E-state index in [1.54, 1.807) is 25.1 Å². The summed E-state index contributed by atoms with van der Waals surface area (Å²) in [5.74, 6) is 0.370. The van der Waals surface area contributed by atoms with Crippen LogP contribution < -0.4 is 19.5 Å². The van der Waals surface area contributed by atoms with Crippen molar-refractivity contribution in [2.75, 3.05) is 34.5 Å². The van der Waals surface area contributed by atoms with Gasteiger partial charge in [-0.2, -0.15) is 0 Å². The summed E-state index contributed by atoms with van der Waals surface area (Å²) < 4.78 is 35.0. The van der Waals surface area contributed by atoms with E-state index in [2.05, 4.69) is 5.32 Å². The molecule has 3 rings (SSSR count). The fourth-order valence-corrected chi connectivity index (χ4v) is 3.36. The lowest BCUT2D eigenvalue weighted by Crippen LogP contribution is -2.48. The predicted molar refractivity (Wildman–Crippen MR) is 114 cm³/mol. The van der Waals surface area contributed by atoms with Crippen molar-refractivity contribution in [2.45, 2.75) is 13.0 Å². The fraction of sp³-hybridized carbons (Fsp3) is 0.304. The van der Waals surface area contributed by atoms with Gasteiger partial charge in [0.2, 0.25) is 0 Å². The molecular formula is C23H25FN2O6. The first-order valence-corrected chi connectivity index (χ1v) is 9.94. The molecule has 1 N–H and O–H groups in total. The van der Waals surface area contributed by atoms with Gasteiger partial charge in [0.05, 0.1) is 38.1 Å². The maximum absolute atomic E-state index is 13.2. The van der Waals surface area contributed by atoms with Gasteiger partial charge in [-0.1, -0.05) is 0 Å². The quantitative estimate of drug-likeness (QED) is 0.628. The zero-order chi connectivity index (χ0) is 23.3. The van der Waals surface area contributed by atoms with Gasteiger partial charge in [0.15, 0.2) is 0 Å². The van der Waals surface area contributed by atoms with Crippen LogP contribution in [0.25, 0.3) is 0 Å². The number of nitrogens with one attached hydrogen (secondary N) is 1. The number of hydrogen-bond acceptors (Lipinski definition) is 6. The van der Waals surface area contributed by atoms with Crippen LogP contribution in [0, 0.1) is 5.82 Å². The van der Waals surface area contributed by atoms with Gasteiger partial charge in [0, 0.05) is 12.6 Å². The van der Waals surface area contributed by atoms with Crippen molar-refractivity contribution in [3.05, 3.63) is 65.1 Å². The Hall–Kier alpha value is -3.75. The van der Waals surface area contributed by atoms with Gasteiger partial charge in [-0.25, -0.2) is 14.0 Å². The average molecular weight is 444 g/mol. The highest BCUT2D eigenvalue weighted by Crippen LogP contribution is 2.37. The maximum Gasteiger partial charge on any atom is 0.338 e. The number of esters is 1. The first-order chi connectivity index (χ1) is 15.4. The van der Waals surface area contributed by atoms with E-state index in [0.717, 1.165) is 0 Å². The summed E-state index contributed by atoms with van der Waals surface area (Å²) in [5, 5.41) is 2.82. The second-order valence-electron chi connectivity index (χ2n) is 6.87. The van der Waals surface area contributed by atoms with Crippen LogP contribution in [0.4, 0.5) is 9.18 Å². The Morgan fingerprint density at radius 2 is 1.78 bits per heavy atom. The molecular weight excluding hydrogens is 419 g/mol. The Morgan fingerprint density at radius 1 is 1.09 bits per heavy atom.